The third-order valence-electron chi connectivity index (χ3n) is 9.29. The van der Waals surface area contributed by atoms with Crippen LogP contribution in [0, 0.1) is 11.3 Å². The molecule has 0 N–H and O–H groups in total. The molecule has 0 bridgehead atoms. The molecule has 204 valence electrons. The molecule has 2 aromatic rings. The lowest BCUT2D eigenvalue weighted by atomic mass is 9.78. The maximum Gasteiger partial charge on any atom is 0.417 e. The summed E-state index contributed by atoms with van der Waals surface area (Å²) in [5.41, 5.74) is 0.709. The van der Waals surface area contributed by atoms with Gasteiger partial charge in [0.15, 0.2) is 0 Å². The van der Waals surface area contributed by atoms with E-state index in [1.165, 1.54) is 6.07 Å². The molecule has 10 heteroatoms. The molecule has 1 amide bonds. The zero-order valence-corrected chi connectivity index (χ0v) is 20.8. The van der Waals surface area contributed by atoms with Crippen molar-refractivity contribution in [3.8, 4) is 0 Å². The van der Waals surface area contributed by atoms with Crippen molar-refractivity contribution in [1.29, 1.82) is 0 Å². The van der Waals surface area contributed by atoms with Gasteiger partial charge in [-0.25, -0.2) is 0 Å². The Bertz CT molecular complexity index is 1260. The number of fused-ring (bicyclic) bond motifs is 3. The van der Waals surface area contributed by atoms with Crippen LogP contribution in [0.1, 0.15) is 65.6 Å². The third-order valence-corrected chi connectivity index (χ3v) is 9.29. The number of hydrogen-bond donors (Lipinski definition) is 0. The number of alkyl halides is 6. The summed E-state index contributed by atoms with van der Waals surface area (Å²) < 4.78 is 79.6. The maximum atomic E-state index is 14.0. The number of pyridine rings is 1. The van der Waals surface area contributed by atoms with E-state index in [2.05, 4.69) is 9.88 Å². The summed E-state index contributed by atoms with van der Waals surface area (Å²) in [5, 5.41) is 0. The van der Waals surface area contributed by atoms with Crippen LogP contribution in [0.15, 0.2) is 30.5 Å². The van der Waals surface area contributed by atoms with Gasteiger partial charge in [-0.2, -0.15) is 26.3 Å². The molecule has 4 aliphatic rings. The van der Waals surface area contributed by atoms with Gasteiger partial charge in [0, 0.05) is 50.5 Å². The quantitative estimate of drug-likeness (QED) is 0.441. The molecule has 1 aromatic heterocycles. The second-order valence-electron chi connectivity index (χ2n) is 11.3. The fourth-order valence-corrected chi connectivity index (χ4v) is 7.37. The molecule has 0 spiro atoms. The largest absolute Gasteiger partial charge is 0.417 e. The monoisotopic (exact) mass is 537 g/mol. The Morgan fingerprint density at radius 1 is 0.921 bits per heavy atom. The standard InChI is InChI=1S/C28H29F6N3O/c29-27(30,31)21-4-3-17-5-8-36(15-18(17)10-21)23-12-20-2-1-7-26(20,13-23)25(38)37-9-6-24-19(16-37)11-22(14-35-24)28(32,33)34/h3-4,10-11,14,20,23H,1-2,5-9,12-13,15-16H2/t20-,23-,26-/m1/s1. The minimum absolute atomic E-state index is 0.0160. The van der Waals surface area contributed by atoms with E-state index >= 15 is 0 Å². The number of nitrogens with zero attached hydrogens (tertiary/aromatic N) is 3. The first kappa shape index (κ1) is 25.6. The average molecular weight is 538 g/mol. The van der Waals surface area contributed by atoms with Crippen LogP contribution in [-0.4, -0.2) is 39.8 Å². The molecule has 0 unspecified atom stereocenters. The fourth-order valence-electron chi connectivity index (χ4n) is 7.37. The molecular weight excluding hydrogens is 508 g/mol. The lowest BCUT2D eigenvalue weighted by Crippen LogP contribution is -2.47. The topological polar surface area (TPSA) is 36.4 Å². The van der Waals surface area contributed by atoms with E-state index in [0.29, 0.717) is 49.2 Å². The first-order valence-electron chi connectivity index (χ1n) is 13.2. The van der Waals surface area contributed by atoms with Gasteiger partial charge in [-0.1, -0.05) is 12.5 Å². The highest BCUT2D eigenvalue weighted by molar-refractivity contribution is 5.84. The lowest BCUT2D eigenvalue weighted by Gasteiger charge is -2.38. The van der Waals surface area contributed by atoms with E-state index in [9.17, 15) is 31.1 Å². The van der Waals surface area contributed by atoms with E-state index in [1.807, 2.05) is 0 Å². The molecule has 38 heavy (non-hydrogen) atoms. The summed E-state index contributed by atoms with van der Waals surface area (Å²) in [7, 11) is 0. The number of benzene rings is 1. The summed E-state index contributed by atoms with van der Waals surface area (Å²) >= 11 is 0. The molecular formula is C28H29F6N3O. The van der Waals surface area contributed by atoms with Crippen LogP contribution >= 0.6 is 0 Å². The van der Waals surface area contributed by atoms with Crippen molar-refractivity contribution >= 4 is 5.91 Å². The van der Waals surface area contributed by atoms with Crippen LogP contribution < -0.4 is 0 Å². The van der Waals surface area contributed by atoms with Crippen molar-refractivity contribution in [1.82, 2.24) is 14.8 Å². The van der Waals surface area contributed by atoms with Gasteiger partial charge in [0.2, 0.25) is 5.91 Å². The smallest absolute Gasteiger partial charge is 0.337 e. The SMILES string of the molecule is O=C(N1CCc2ncc(C(F)(F)F)cc2C1)[C@@]12CCC[C@@H]1C[C@@H](N1CCc3ccc(C(F)(F)F)cc3C1)C2. The Morgan fingerprint density at radius 2 is 1.68 bits per heavy atom. The first-order chi connectivity index (χ1) is 17.9. The number of amides is 1. The number of halogens is 6. The highest BCUT2D eigenvalue weighted by atomic mass is 19.4. The predicted molar refractivity (Wildman–Crippen MR) is 127 cm³/mol. The minimum atomic E-state index is -4.49. The van der Waals surface area contributed by atoms with Crippen LogP contribution in [0.3, 0.4) is 0 Å². The summed E-state index contributed by atoms with van der Waals surface area (Å²) in [6.45, 7) is 1.73. The molecule has 3 atom stereocenters. The number of aromatic nitrogens is 1. The van der Waals surface area contributed by atoms with E-state index in [1.54, 1.807) is 11.0 Å². The highest BCUT2D eigenvalue weighted by Crippen LogP contribution is 2.57. The van der Waals surface area contributed by atoms with Crippen molar-refractivity contribution in [2.45, 2.75) is 76.4 Å². The summed E-state index contributed by atoms with van der Waals surface area (Å²) in [5.74, 6) is 0.200. The number of rotatable bonds is 2. The molecule has 2 aliphatic carbocycles. The third kappa shape index (κ3) is 4.38. The molecule has 2 fully saturated rings. The van der Waals surface area contributed by atoms with Gasteiger partial charge in [-0.15, -0.1) is 0 Å². The summed E-state index contributed by atoms with van der Waals surface area (Å²) in [4.78, 5) is 22.0. The minimum Gasteiger partial charge on any atom is -0.337 e. The van der Waals surface area contributed by atoms with Crippen LogP contribution in [0.5, 0.6) is 0 Å². The number of carbonyl (C=O) groups is 1. The van der Waals surface area contributed by atoms with Gasteiger partial charge in [-0.3, -0.25) is 14.7 Å². The Labute approximate surface area is 217 Å². The van der Waals surface area contributed by atoms with Gasteiger partial charge in [0.05, 0.1) is 16.5 Å². The first-order valence-corrected chi connectivity index (χ1v) is 13.2. The maximum absolute atomic E-state index is 14.0. The number of hydrogen-bond acceptors (Lipinski definition) is 3. The van der Waals surface area contributed by atoms with Crippen LogP contribution in [0.2, 0.25) is 0 Å². The van der Waals surface area contributed by atoms with Crippen LogP contribution in [-0.2, 0) is 43.1 Å². The Hall–Kier alpha value is -2.62. The van der Waals surface area contributed by atoms with E-state index in [4.69, 9.17) is 0 Å². The predicted octanol–water partition coefficient (Wildman–Crippen LogP) is 6.01. The van der Waals surface area contributed by atoms with Gasteiger partial charge < -0.3 is 4.90 Å². The molecule has 2 saturated carbocycles. The van der Waals surface area contributed by atoms with Crippen molar-refractivity contribution in [3.05, 3.63) is 64.0 Å². The van der Waals surface area contributed by atoms with Crippen molar-refractivity contribution in [2.24, 2.45) is 11.3 Å². The molecule has 0 saturated heterocycles. The van der Waals surface area contributed by atoms with Gasteiger partial charge in [0.25, 0.3) is 0 Å². The molecule has 6 rings (SSSR count). The van der Waals surface area contributed by atoms with Crippen LogP contribution in [0.25, 0.3) is 0 Å². The molecule has 3 heterocycles. The lowest BCUT2D eigenvalue weighted by molar-refractivity contribution is -0.144. The fraction of sp³-hybridized carbons (Fsp3) is 0.571. The normalized spacial score (nSPS) is 27.7. The molecule has 4 nitrogen and oxygen atoms in total. The van der Waals surface area contributed by atoms with E-state index < -0.39 is 28.9 Å². The van der Waals surface area contributed by atoms with E-state index in [0.717, 1.165) is 56.1 Å². The summed E-state index contributed by atoms with van der Waals surface area (Å²) in [6, 6.07) is 5.20. The second-order valence-corrected chi connectivity index (χ2v) is 11.3. The van der Waals surface area contributed by atoms with Gasteiger partial charge in [-0.05, 0) is 72.9 Å². The van der Waals surface area contributed by atoms with Crippen molar-refractivity contribution in [3.63, 3.8) is 0 Å². The van der Waals surface area contributed by atoms with Gasteiger partial charge >= 0.3 is 12.4 Å². The Kier molecular flexibility index (Phi) is 6.05. The molecule has 1 aromatic carbocycles. The van der Waals surface area contributed by atoms with Crippen molar-refractivity contribution in [2.75, 3.05) is 13.1 Å². The highest BCUT2D eigenvalue weighted by Gasteiger charge is 2.57. The molecule has 0 radical (unpaired) electrons. The molecule has 2 aliphatic heterocycles. The zero-order chi connectivity index (χ0) is 26.9. The van der Waals surface area contributed by atoms with Gasteiger partial charge in [0.1, 0.15) is 0 Å². The van der Waals surface area contributed by atoms with Crippen LogP contribution in [0.4, 0.5) is 26.3 Å². The second kappa shape index (κ2) is 8.96. The summed E-state index contributed by atoms with van der Waals surface area (Å²) in [6.07, 6.45) is -2.84. The average Bonchev–Trinajstić information content (AvgIpc) is 3.44. The van der Waals surface area contributed by atoms with Crippen molar-refractivity contribution < 1.29 is 31.1 Å². The van der Waals surface area contributed by atoms with E-state index in [-0.39, 0.29) is 24.4 Å². The number of carbonyl (C=O) groups excluding carboxylic acids is 1. The Morgan fingerprint density at radius 3 is 2.45 bits per heavy atom. The zero-order valence-electron chi connectivity index (χ0n) is 20.8. The Balaban J connectivity index is 1.20.